The minimum atomic E-state index is 0.574. The van der Waals surface area contributed by atoms with E-state index in [0.29, 0.717) is 5.41 Å². The smallest absolute Gasteiger partial charge is 0.00699 e. The first-order valence-corrected chi connectivity index (χ1v) is 5.25. The highest BCUT2D eigenvalue weighted by Crippen LogP contribution is 2.46. The van der Waals surface area contributed by atoms with E-state index in [1.165, 1.54) is 19.5 Å². The van der Waals surface area contributed by atoms with Crippen molar-refractivity contribution in [3.8, 4) is 0 Å². The molecular weight excluding hydrogens is 146 g/mol. The van der Waals surface area contributed by atoms with Crippen LogP contribution in [0.4, 0.5) is 0 Å². The normalized spacial score (nSPS) is 51.0. The van der Waals surface area contributed by atoms with Gasteiger partial charge in [0.25, 0.3) is 0 Å². The predicted octanol–water partition coefficient (Wildman–Crippen LogP) is 2.37. The fraction of sp³-hybridized carbons (Fsp3) is 1.00. The van der Waals surface area contributed by atoms with E-state index in [0.717, 1.165) is 17.9 Å². The summed E-state index contributed by atoms with van der Waals surface area (Å²) in [5.41, 5.74) is 0.574. The molecule has 0 amide bonds. The number of hydrogen-bond donors (Lipinski definition) is 0. The van der Waals surface area contributed by atoms with Gasteiger partial charge in [-0.15, -0.1) is 0 Å². The Morgan fingerprint density at radius 3 is 2.58 bits per heavy atom. The van der Waals surface area contributed by atoms with E-state index < -0.39 is 0 Å². The molecule has 0 N–H and O–H groups in total. The molecule has 0 aliphatic carbocycles. The summed E-state index contributed by atoms with van der Waals surface area (Å²) < 4.78 is 0. The fourth-order valence-corrected chi connectivity index (χ4v) is 3.34. The molecule has 4 unspecified atom stereocenters. The summed E-state index contributed by atoms with van der Waals surface area (Å²) in [6, 6.07) is 0.832. The van der Waals surface area contributed by atoms with Crippen LogP contribution in [0.3, 0.4) is 0 Å². The van der Waals surface area contributed by atoms with Crippen molar-refractivity contribution < 1.29 is 0 Å². The van der Waals surface area contributed by atoms with Gasteiger partial charge in [0.15, 0.2) is 0 Å². The number of hydrogen-bond acceptors (Lipinski definition) is 1. The number of nitrogens with zero attached hydrogens (tertiary/aromatic N) is 1. The Morgan fingerprint density at radius 1 is 1.25 bits per heavy atom. The fourth-order valence-electron chi connectivity index (χ4n) is 3.34. The lowest BCUT2D eigenvalue weighted by Gasteiger charge is -2.35. The van der Waals surface area contributed by atoms with Crippen molar-refractivity contribution in [1.82, 2.24) is 4.90 Å². The van der Waals surface area contributed by atoms with Crippen LogP contribution in [0.15, 0.2) is 0 Å². The zero-order chi connectivity index (χ0) is 8.93. The first kappa shape index (κ1) is 8.55. The van der Waals surface area contributed by atoms with Gasteiger partial charge in [0.1, 0.15) is 0 Å². The number of piperidine rings is 1. The van der Waals surface area contributed by atoms with E-state index in [1.807, 2.05) is 0 Å². The average Bonchev–Trinajstić information content (AvgIpc) is 2.20. The van der Waals surface area contributed by atoms with Crippen molar-refractivity contribution in [3.05, 3.63) is 0 Å². The Morgan fingerprint density at radius 2 is 1.92 bits per heavy atom. The second-order valence-corrected chi connectivity index (χ2v) is 5.59. The summed E-state index contributed by atoms with van der Waals surface area (Å²) >= 11 is 0. The Bertz CT molecular complexity index is 185. The third kappa shape index (κ3) is 1.10. The molecule has 0 aromatic carbocycles. The second kappa shape index (κ2) is 2.47. The summed E-state index contributed by atoms with van der Waals surface area (Å²) in [6.07, 6.45) is 1.41. The molecule has 1 nitrogen and oxygen atoms in total. The van der Waals surface area contributed by atoms with Gasteiger partial charge < -0.3 is 0 Å². The van der Waals surface area contributed by atoms with Crippen LogP contribution in [0.2, 0.25) is 0 Å². The minimum Gasteiger partial charge on any atom is -0.300 e. The van der Waals surface area contributed by atoms with Gasteiger partial charge in [-0.05, 0) is 30.6 Å². The van der Waals surface area contributed by atoms with Gasteiger partial charge in [-0.1, -0.05) is 20.8 Å². The number of fused-ring (bicyclic) bond motifs is 2. The Labute approximate surface area is 76.1 Å². The third-order valence-electron chi connectivity index (χ3n) is 4.07. The summed E-state index contributed by atoms with van der Waals surface area (Å²) in [7, 11) is 0. The van der Waals surface area contributed by atoms with Crippen molar-refractivity contribution in [2.45, 2.75) is 40.2 Å². The maximum absolute atomic E-state index is 2.67. The molecule has 0 aromatic heterocycles. The largest absolute Gasteiger partial charge is 0.300 e. The van der Waals surface area contributed by atoms with Gasteiger partial charge in [-0.3, -0.25) is 4.90 Å². The van der Waals surface area contributed by atoms with Crippen LogP contribution in [-0.4, -0.2) is 24.0 Å². The molecule has 0 spiro atoms. The SMILES string of the molecule is CC1CC(C)N2CC1C(C)(C)C2. The van der Waals surface area contributed by atoms with Crippen LogP contribution in [0.1, 0.15) is 34.1 Å². The maximum atomic E-state index is 2.67. The molecule has 0 saturated carbocycles. The highest BCUT2D eigenvalue weighted by Gasteiger charge is 2.46. The molecule has 2 rings (SSSR count). The summed E-state index contributed by atoms with van der Waals surface area (Å²) in [5, 5.41) is 0. The highest BCUT2D eigenvalue weighted by molar-refractivity contribution is 4.99. The molecule has 4 atom stereocenters. The van der Waals surface area contributed by atoms with E-state index in [4.69, 9.17) is 0 Å². The molecule has 0 aromatic rings. The topological polar surface area (TPSA) is 3.24 Å². The zero-order valence-electron chi connectivity index (χ0n) is 8.80. The maximum Gasteiger partial charge on any atom is 0.00699 e. The summed E-state index contributed by atoms with van der Waals surface area (Å²) in [6.45, 7) is 12.4. The van der Waals surface area contributed by atoms with Gasteiger partial charge in [0.2, 0.25) is 0 Å². The van der Waals surface area contributed by atoms with E-state index in [2.05, 4.69) is 32.6 Å². The van der Waals surface area contributed by atoms with Crippen molar-refractivity contribution in [2.75, 3.05) is 13.1 Å². The lowest BCUT2D eigenvalue weighted by molar-refractivity contribution is 0.140. The zero-order valence-corrected chi connectivity index (χ0v) is 8.80. The molecule has 2 aliphatic rings. The van der Waals surface area contributed by atoms with E-state index in [-0.39, 0.29) is 0 Å². The molecule has 0 radical (unpaired) electrons. The first-order valence-electron chi connectivity index (χ1n) is 5.25. The molecule has 12 heavy (non-hydrogen) atoms. The van der Waals surface area contributed by atoms with Gasteiger partial charge in [-0.2, -0.15) is 0 Å². The lowest BCUT2D eigenvalue weighted by atomic mass is 9.73. The summed E-state index contributed by atoms with van der Waals surface area (Å²) in [5.74, 6) is 1.89. The lowest BCUT2D eigenvalue weighted by Crippen LogP contribution is -2.38. The molecule has 1 heteroatoms. The molecular formula is C11H21N. The van der Waals surface area contributed by atoms with Crippen LogP contribution in [-0.2, 0) is 0 Å². The van der Waals surface area contributed by atoms with Crippen molar-refractivity contribution in [3.63, 3.8) is 0 Å². The Balaban J connectivity index is 2.22. The van der Waals surface area contributed by atoms with Crippen LogP contribution in [0, 0.1) is 17.3 Å². The van der Waals surface area contributed by atoms with E-state index in [1.54, 1.807) is 0 Å². The van der Waals surface area contributed by atoms with Crippen LogP contribution in [0.5, 0.6) is 0 Å². The standard InChI is InChI=1S/C11H21N/c1-8-5-9(2)12-6-10(8)11(3,4)7-12/h8-10H,5-7H2,1-4H3. The van der Waals surface area contributed by atoms with Crippen molar-refractivity contribution in [2.24, 2.45) is 17.3 Å². The Hall–Kier alpha value is -0.0400. The Kier molecular flexibility index (Phi) is 1.76. The minimum absolute atomic E-state index is 0.574. The van der Waals surface area contributed by atoms with Crippen molar-refractivity contribution >= 4 is 0 Å². The molecule has 2 bridgehead atoms. The van der Waals surface area contributed by atoms with Crippen LogP contribution >= 0.6 is 0 Å². The molecule has 2 heterocycles. The monoisotopic (exact) mass is 167 g/mol. The first-order chi connectivity index (χ1) is 5.50. The van der Waals surface area contributed by atoms with E-state index in [9.17, 15) is 0 Å². The van der Waals surface area contributed by atoms with Gasteiger partial charge >= 0.3 is 0 Å². The van der Waals surface area contributed by atoms with Crippen molar-refractivity contribution in [1.29, 1.82) is 0 Å². The van der Waals surface area contributed by atoms with Crippen LogP contribution < -0.4 is 0 Å². The number of rotatable bonds is 0. The molecule has 2 saturated heterocycles. The summed E-state index contributed by atoms with van der Waals surface area (Å²) in [4.78, 5) is 2.67. The van der Waals surface area contributed by atoms with Gasteiger partial charge in [-0.25, -0.2) is 0 Å². The van der Waals surface area contributed by atoms with Gasteiger partial charge in [0, 0.05) is 19.1 Å². The highest BCUT2D eigenvalue weighted by atomic mass is 15.2. The van der Waals surface area contributed by atoms with E-state index >= 15 is 0 Å². The third-order valence-corrected chi connectivity index (χ3v) is 4.07. The molecule has 2 aliphatic heterocycles. The second-order valence-electron chi connectivity index (χ2n) is 5.59. The average molecular weight is 167 g/mol. The van der Waals surface area contributed by atoms with Gasteiger partial charge in [0.05, 0.1) is 0 Å². The molecule has 2 fully saturated rings. The quantitative estimate of drug-likeness (QED) is 0.535. The van der Waals surface area contributed by atoms with Crippen LogP contribution in [0.25, 0.3) is 0 Å². The molecule has 70 valence electrons. The predicted molar refractivity (Wildman–Crippen MR) is 52.1 cm³/mol.